The molecule has 1 aromatic heterocycles. The van der Waals surface area contributed by atoms with Crippen LogP contribution in [-0.2, 0) is 4.79 Å². The van der Waals surface area contributed by atoms with Crippen LogP contribution in [-0.4, -0.2) is 63.3 Å². The predicted octanol–water partition coefficient (Wildman–Crippen LogP) is 7.30. The molecule has 1 aliphatic carbocycles. The molecule has 1 atom stereocenters. The van der Waals surface area contributed by atoms with Crippen LogP contribution >= 0.6 is 0 Å². The number of benzene rings is 2. The van der Waals surface area contributed by atoms with E-state index in [9.17, 15) is 9.59 Å². The third-order valence-corrected chi connectivity index (χ3v) is 8.88. The predicted molar refractivity (Wildman–Crippen MR) is 182 cm³/mol. The molecule has 0 saturated carbocycles. The third-order valence-electron chi connectivity index (χ3n) is 8.88. The second-order valence-electron chi connectivity index (χ2n) is 12.5. The van der Waals surface area contributed by atoms with Crippen molar-refractivity contribution < 1.29 is 33.1 Å². The van der Waals surface area contributed by atoms with Crippen molar-refractivity contribution in [3.63, 3.8) is 0 Å². The lowest BCUT2D eigenvalue weighted by molar-refractivity contribution is -0.113. The van der Waals surface area contributed by atoms with Crippen LogP contribution in [0.2, 0.25) is 0 Å². The number of likely N-dealkylation sites (tertiary alicyclic amines) is 1. The molecule has 1 aliphatic heterocycles. The summed E-state index contributed by atoms with van der Waals surface area (Å²) in [7, 11) is 6.24. The first-order chi connectivity index (χ1) is 22.6. The van der Waals surface area contributed by atoms with Gasteiger partial charge in [0.1, 0.15) is 0 Å². The average Bonchev–Trinajstić information content (AvgIpc) is 3.54. The first-order valence-electron chi connectivity index (χ1n) is 15.6. The highest BCUT2D eigenvalue weighted by Gasteiger charge is 2.32. The first kappa shape index (κ1) is 33.3. The number of aromatic nitrogens is 1. The van der Waals surface area contributed by atoms with Crippen molar-refractivity contribution in [3.05, 3.63) is 93.9 Å². The Morgan fingerprint density at radius 3 is 1.94 bits per heavy atom. The Labute approximate surface area is 276 Å². The maximum atomic E-state index is 13.9. The van der Waals surface area contributed by atoms with Gasteiger partial charge in [-0.1, -0.05) is 48.9 Å². The molecule has 2 aromatic carbocycles. The quantitative estimate of drug-likeness (QED) is 0.178. The Hall–Kier alpha value is -5.05. The number of rotatable bonds is 9. The molecule has 9 nitrogen and oxygen atoms in total. The first-order valence-corrected chi connectivity index (χ1v) is 15.6. The van der Waals surface area contributed by atoms with Crippen molar-refractivity contribution in [1.29, 1.82) is 0 Å². The van der Waals surface area contributed by atoms with E-state index in [4.69, 9.17) is 23.5 Å². The fourth-order valence-electron chi connectivity index (χ4n) is 6.28. The van der Waals surface area contributed by atoms with E-state index < -0.39 is 0 Å². The van der Waals surface area contributed by atoms with E-state index in [1.54, 1.807) is 75.8 Å². The minimum absolute atomic E-state index is 0.0908. The van der Waals surface area contributed by atoms with Crippen LogP contribution in [0.4, 0.5) is 0 Å². The number of carbonyl (C=O) groups is 2. The molecule has 1 amide bonds. The molecule has 246 valence electrons. The van der Waals surface area contributed by atoms with Gasteiger partial charge in [0.15, 0.2) is 40.2 Å². The van der Waals surface area contributed by atoms with Crippen LogP contribution in [0.5, 0.6) is 23.0 Å². The highest BCUT2D eigenvalue weighted by molar-refractivity contribution is 6.15. The fraction of sp³-hybridized carbons (Fsp3) is 0.342. The Morgan fingerprint density at radius 2 is 1.43 bits per heavy atom. The van der Waals surface area contributed by atoms with E-state index in [1.165, 1.54) is 5.57 Å². The molecule has 0 spiro atoms. The highest BCUT2D eigenvalue weighted by atomic mass is 16.5. The van der Waals surface area contributed by atoms with E-state index in [1.807, 2.05) is 18.2 Å². The summed E-state index contributed by atoms with van der Waals surface area (Å²) in [5.74, 6) is 2.47. The Balaban J connectivity index is 1.47. The Bertz CT molecular complexity index is 1700. The summed E-state index contributed by atoms with van der Waals surface area (Å²) in [6.45, 7) is 6.88. The summed E-state index contributed by atoms with van der Waals surface area (Å²) >= 11 is 0. The van der Waals surface area contributed by atoms with Crippen LogP contribution in [0.25, 0.3) is 18.2 Å². The summed E-state index contributed by atoms with van der Waals surface area (Å²) < 4.78 is 27.3. The summed E-state index contributed by atoms with van der Waals surface area (Å²) in [6.07, 6.45) is 12.0. The van der Waals surface area contributed by atoms with E-state index in [2.05, 4.69) is 38.1 Å². The van der Waals surface area contributed by atoms with Gasteiger partial charge in [0, 0.05) is 23.1 Å². The molecular formula is C38H42N2O7. The molecule has 0 N–H and O–H groups in total. The zero-order valence-corrected chi connectivity index (χ0v) is 28.1. The van der Waals surface area contributed by atoms with Gasteiger partial charge in [0.2, 0.25) is 0 Å². The van der Waals surface area contributed by atoms with Gasteiger partial charge in [0.05, 0.1) is 41.5 Å². The summed E-state index contributed by atoms with van der Waals surface area (Å²) in [5.41, 5.74) is 3.97. The van der Waals surface area contributed by atoms with Gasteiger partial charge in [-0.05, 0) is 78.8 Å². The van der Waals surface area contributed by atoms with Gasteiger partial charge >= 0.3 is 0 Å². The lowest BCUT2D eigenvalue weighted by Gasteiger charge is -2.36. The number of hydrogen-bond donors (Lipinski definition) is 0. The van der Waals surface area contributed by atoms with Crippen LogP contribution in [0.15, 0.2) is 75.9 Å². The van der Waals surface area contributed by atoms with Crippen LogP contribution in [0, 0.1) is 11.3 Å². The number of Topliss-reactive ketones (excluding diaryl/α,β-unsaturated/α-hetero) is 1. The normalized spacial score (nSPS) is 19.6. The lowest BCUT2D eigenvalue weighted by Crippen LogP contribution is -2.41. The number of methoxy groups -OCH3 is 4. The second-order valence-corrected chi connectivity index (χ2v) is 12.5. The van der Waals surface area contributed by atoms with Crippen molar-refractivity contribution in [2.75, 3.05) is 41.5 Å². The number of nitrogens with zero attached hydrogens (tertiary/aromatic N) is 2. The highest BCUT2D eigenvalue weighted by Crippen LogP contribution is 2.42. The molecule has 2 aliphatic rings. The fourth-order valence-corrected chi connectivity index (χ4v) is 6.28. The number of ketones is 1. The SMILES string of the molecule is COc1ccc(/C=C2\CN(C(=O)c3cc(/C=C/C4C(C)=CCCC4(C)C)on3)C/C(=C\c3ccc(OC)c(OC)c3)C2=O)cc1OC. The second kappa shape index (κ2) is 14.2. The smallest absolute Gasteiger partial charge is 0.276 e. The molecule has 2 heterocycles. The maximum Gasteiger partial charge on any atom is 0.276 e. The maximum absolute atomic E-state index is 13.9. The minimum Gasteiger partial charge on any atom is -0.493 e. The third kappa shape index (κ3) is 7.35. The van der Waals surface area contributed by atoms with Crippen LogP contribution in [0.1, 0.15) is 61.0 Å². The van der Waals surface area contributed by atoms with E-state index >= 15 is 0 Å². The molecule has 0 bridgehead atoms. The van der Waals surface area contributed by atoms with Crippen LogP contribution in [0.3, 0.4) is 0 Å². The molecule has 1 fully saturated rings. The molecule has 1 unspecified atom stereocenters. The van der Waals surface area contributed by atoms with Gasteiger partial charge in [-0.25, -0.2) is 0 Å². The number of carbonyl (C=O) groups excluding carboxylic acids is 2. The molecule has 5 rings (SSSR count). The summed E-state index contributed by atoms with van der Waals surface area (Å²) in [4.78, 5) is 29.4. The summed E-state index contributed by atoms with van der Waals surface area (Å²) in [5, 5.41) is 4.11. The van der Waals surface area contributed by atoms with Crippen molar-refractivity contribution in [2.24, 2.45) is 11.3 Å². The number of allylic oxidation sites excluding steroid dienone is 3. The van der Waals surface area contributed by atoms with Crippen molar-refractivity contribution in [3.8, 4) is 23.0 Å². The monoisotopic (exact) mass is 638 g/mol. The minimum atomic E-state index is -0.341. The number of hydrogen-bond acceptors (Lipinski definition) is 8. The molecule has 0 radical (unpaired) electrons. The van der Waals surface area contributed by atoms with Crippen molar-refractivity contribution in [1.82, 2.24) is 10.1 Å². The van der Waals surface area contributed by atoms with E-state index in [-0.39, 0.29) is 41.8 Å². The van der Waals surface area contributed by atoms with Gasteiger partial charge in [-0.2, -0.15) is 0 Å². The van der Waals surface area contributed by atoms with Gasteiger partial charge in [-0.15, -0.1) is 0 Å². The molecule has 9 heteroatoms. The molecule has 1 saturated heterocycles. The van der Waals surface area contributed by atoms with Gasteiger partial charge < -0.3 is 28.4 Å². The summed E-state index contributed by atoms with van der Waals surface area (Å²) in [6, 6.07) is 12.5. The number of ether oxygens (including phenoxy) is 4. The Kier molecular flexibility index (Phi) is 10.0. The van der Waals surface area contributed by atoms with Gasteiger partial charge in [-0.3, -0.25) is 9.59 Å². The van der Waals surface area contributed by atoms with Gasteiger partial charge in [0.25, 0.3) is 5.91 Å². The van der Waals surface area contributed by atoms with E-state index in [0.717, 1.165) is 24.0 Å². The largest absolute Gasteiger partial charge is 0.493 e. The molecule has 3 aromatic rings. The average molecular weight is 639 g/mol. The zero-order valence-electron chi connectivity index (χ0n) is 28.1. The number of piperidine rings is 1. The number of amides is 1. The zero-order chi connectivity index (χ0) is 33.7. The van der Waals surface area contributed by atoms with E-state index in [0.29, 0.717) is 39.9 Å². The van der Waals surface area contributed by atoms with Crippen LogP contribution < -0.4 is 18.9 Å². The Morgan fingerprint density at radius 1 is 0.872 bits per heavy atom. The van der Waals surface area contributed by atoms with Crippen molar-refractivity contribution in [2.45, 2.75) is 33.6 Å². The molecule has 47 heavy (non-hydrogen) atoms. The van der Waals surface area contributed by atoms with Crippen molar-refractivity contribution >= 4 is 29.9 Å². The topological polar surface area (TPSA) is 100 Å². The molecular weight excluding hydrogens is 596 g/mol. The lowest BCUT2D eigenvalue weighted by atomic mass is 9.68. The standard InChI is InChI=1S/C38H42N2O7/c1-24-9-8-16-38(2,3)30(24)13-12-29-21-31(39-47-29)37(42)40-22-27(17-25-10-14-32(43-4)34(19-25)45-6)36(41)28(23-40)18-26-11-15-33(44-5)35(20-26)46-7/h9-15,17-21,30H,8,16,22-23H2,1-7H3/b13-12+,27-17+,28-18+.